The van der Waals surface area contributed by atoms with Gasteiger partial charge in [-0.2, -0.15) is 10.5 Å². The summed E-state index contributed by atoms with van der Waals surface area (Å²) < 4.78 is 9.56. The van der Waals surface area contributed by atoms with Crippen LogP contribution >= 0.6 is 0 Å². The van der Waals surface area contributed by atoms with Gasteiger partial charge in [-0.3, -0.25) is 4.99 Å². The van der Waals surface area contributed by atoms with Crippen LogP contribution in [0.4, 0.5) is 0 Å². The van der Waals surface area contributed by atoms with Crippen molar-refractivity contribution in [3.8, 4) is 17.9 Å². The molecule has 106 valence electrons. The van der Waals surface area contributed by atoms with E-state index >= 15 is 0 Å². The fourth-order valence-corrected chi connectivity index (χ4v) is 1.40. The maximum atomic E-state index is 11.1. The highest BCUT2D eigenvalue weighted by Crippen LogP contribution is 2.17. The van der Waals surface area contributed by atoms with Gasteiger partial charge in [0, 0.05) is 17.9 Å². The van der Waals surface area contributed by atoms with Crippen LogP contribution in [0, 0.1) is 22.7 Å². The summed E-state index contributed by atoms with van der Waals surface area (Å²) in [6.07, 6.45) is 3.43. The second-order valence-electron chi connectivity index (χ2n) is 3.85. The zero-order chi connectivity index (χ0) is 15.7. The van der Waals surface area contributed by atoms with E-state index in [9.17, 15) is 4.79 Å². The third kappa shape index (κ3) is 4.19. The summed E-state index contributed by atoms with van der Waals surface area (Å²) in [4.78, 5) is 15.0. The monoisotopic (exact) mass is 283 g/mol. The molecule has 0 amide bonds. The highest BCUT2D eigenvalue weighted by Gasteiger charge is 2.25. The van der Waals surface area contributed by atoms with Crippen LogP contribution < -0.4 is 4.74 Å². The molecule has 0 saturated heterocycles. The number of nitrogens with zero attached hydrogens (tertiary/aromatic N) is 3. The number of carbonyl (C=O) groups excluding carboxylic acids is 1. The van der Waals surface area contributed by atoms with Crippen LogP contribution in [0.2, 0.25) is 0 Å². The molecule has 21 heavy (non-hydrogen) atoms. The van der Waals surface area contributed by atoms with E-state index in [1.54, 1.807) is 36.4 Å². The predicted molar refractivity (Wildman–Crippen MR) is 75.7 cm³/mol. The molecule has 1 aromatic carbocycles. The highest BCUT2D eigenvalue weighted by atomic mass is 16.5. The highest BCUT2D eigenvalue weighted by molar-refractivity contribution is 5.85. The Balaban J connectivity index is 3.12. The molecule has 0 aliphatic carbocycles. The molecule has 0 N–H and O–H groups in total. The Kier molecular flexibility index (Phi) is 5.66. The first-order valence-electron chi connectivity index (χ1n) is 5.88. The van der Waals surface area contributed by atoms with E-state index in [-0.39, 0.29) is 0 Å². The van der Waals surface area contributed by atoms with Crippen molar-refractivity contribution in [3.63, 3.8) is 0 Å². The number of rotatable bonds is 5. The topological polar surface area (TPSA) is 95.5 Å². The molecular formula is C15H13N3O3. The standard InChI is InChI=1S/C15H13N3O3/c1-20-13-6-4-3-5-12(13)9-18-15(10-16,11-17)8-7-14(19)21-2/h3-9H,1-2H3/b8-7+,18-9?. The van der Waals surface area contributed by atoms with Gasteiger partial charge in [0.25, 0.3) is 5.54 Å². The molecule has 0 bridgehead atoms. The second kappa shape index (κ2) is 7.46. The first kappa shape index (κ1) is 15.9. The van der Waals surface area contributed by atoms with Crippen molar-refractivity contribution in [1.82, 2.24) is 0 Å². The fourth-order valence-electron chi connectivity index (χ4n) is 1.40. The molecule has 0 spiro atoms. The van der Waals surface area contributed by atoms with E-state index in [2.05, 4.69) is 9.73 Å². The minimum Gasteiger partial charge on any atom is -0.496 e. The molecule has 1 aromatic rings. The molecular weight excluding hydrogens is 270 g/mol. The molecule has 0 aliphatic rings. The normalized spacial score (nSPS) is 11.0. The number of nitriles is 2. The first-order valence-corrected chi connectivity index (χ1v) is 5.88. The number of hydrogen-bond donors (Lipinski definition) is 0. The van der Waals surface area contributed by atoms with Crippen LogP contribution in [0.5, 0.6) is 5.75 Å². The Hall–Kier alpha value is -3.12. The van der Waals surface area contributed by atoms with Crippen LogP contribution in [0.3, 0.4) is 0 Å². The van der Waals surface area contributed by atoms with Gasteiger partial charge in [-0.05, 0) is 18.2 Å². The zero-order valence-electron chi connectivity index (χ0n) is 11.6. The smallest absolute Gasteiger partial charge is 0.330 e. The number of esters is 1. The van der Waals surface area contributed by atoms with Crippen LogP contribution in [0.1, 0.15) is 5.56 Å². The molecule has 0 unspecified atom stereocenters. The predicted octanol–water partition coefficient (Wildman–Crippen LogP) is 1.63. The summed E-state index contributed by atoms with van der Waals surface area (Å²) in [5.41, 5.74) is -1.18. The number of aliphatic imine (C=N–C) groups is 1. The van der Waals surface area contributed by atoms with E-state index in [4.69, 9.17) is 15.3 Å². The van der Waals surface area contributed by atoms with Crippen molar-refractivity contribution in [1.29, 1.82) is 10.5 Å². The lowest BCUT2D eigenvalue weighted by atomic mass is 10.0. The Morgan fingerprint density at radius 3 is 2.52 bits per heavy atom. The van der Waals surface area contributed by atoms with Gasteiger partial charge in [-0.1, -0.05) is 12.1 Å². The minimum atomic E-state index is -1.80. The van der Waals surface area contributed by atoms with Gasteiger partial charge >= 0.3 is 5.97 Å². The summed E-state index contributed by atoms with van der Waals surface area (Å²) in [7, 11) is 2.71. The molecule has 0 saturated carbocycles. The summed E-state index contributed by atoms with van der Waals surface area (Å²) in [6, 6.07) is 10.5. The van der Waals surface area contributed by atoms with Crippen LogP contribution in [-0.4, -0.2) is 31.9 Å². The van der Waals surface area contributed by atoms with Gasteiger partial charge < -0.3 is 9.47 Å². The number of methoxy groups -OCH3 is 2. The van der Waals surface area contributed by atoms with E-state index in [1.807, 2.05) is 0 Å². The van der Waals surface area contributed by atoms with Gasteiger partial charge in [0.2, 0.25) is 0 Å². The maximum absolute atomic E-state index is 11.1. The fraction of sp³-hybridized carbons (Fsp3) is 0.200. The number of benzene rings is 1. The lowest BCUT2D eigenvalue weighted by Crippen LogP contribution is -2.19. The number of ether oxygens (including phenoxy) is 2. The zero-order valence-corrected chi connectivity index (χ0v) is 11.6. The minimum absolute atomic E-state index is 0.558. The molecule has 0 heterocycles. The van der Waals surface area contributed by atoms with Crippen molar-refractivity contribution in [2.24, 2.45) is 4.99 Å². The molecule has 6 nitrogen and oxygen atoms in total. The van der Waals surface area contributed by atoms with Gasteiger partial charge in [-0.25, -0.2) is 4.79 Å². The van der Waals surface area contributed by atoms with Crippen LogP contribution in [-0.2, 0) is 9.53 Å². The lowest BCUT2D eigenvalue weighted by Gasteiger charge is -2.08. The summed E-state index contributed by atoms with van der Waals surface area (Å²) in [5, 5.41) is 18.3. The Bertz CT molecular complexity index is 637. The molecule has 0 aliphatic heterocycles. The Labute approximate surface area is 122 Å². The van der Waals surface area contributed by atoms with Crippen molar-refractivity contribution in [2.45, 2.75) is 5.54 Å². The summed E-state index contributed by atoms with van der Waals surface area (Å²) >= 11 is 0. The van der Waals surface area contributed by atoms with E-state index in [0.717, 1.165) is 12.2 Å². The molecule has 0 aromatic heterocycles. The molecule has 0 radical (unpaired) electrons. The van der Waals surface area contributed by atoms with Gasteiger partial charge in [0.1, 0.15) is 17.9 Å². The van der Waals surface area contributed by atoms with Crippen LogP contribution in [0.25, 0.3) is 0 Å². The van der Waals surface area contributed by atoms with Crippen molar-refractivity contribution >= 4 is 12.2 Å². The molecule has 1 rings (SSSR count). The molecule has 6 heteroatoms. The summed E-state index contributed by atoms with van der Waals surface area (Å²) in [6.45, 7) is 0. The Morgan fingerprint density at radius 1 is 1.29 bits per heavy atom. The molecule has 0 atom stereocenters. The molecule has 0 fully saturated rings. The quantitative estimate of drug-likeness (QED) is 0.465. The third-order valence-electron chi connectivity index (χ3n) is 2.55. The van der Waals surface area contributed by atoms with Gasteiger partial charge in [-0.15, -0.1) is 0 Å². The number of para-hydroxylation sites is 1. The van der Waals surface area contributed by atoms with E-state index in [1.165, 1.54) is 20.4 Å². The van der Waals surface area contributed by atoms with Crippen molar-refractivity contribution in [3.05, 3.63) is 42.0 Å². The van der Waals surface area contributed by atoms with E-state index in [0.29, 0.717) is 11.3 Å². The van der Waals surface area contributed by atoms with Gasteiger partial charge in [0.15, 0.2) is 0 Å². The second-order valence-corrected chi connectivity index (χ2v) is 3.85. The number of carbonyl (C=O) groups is 1. The SMILES string of the molecule is COC(=O)/C=C/C(C#N)(C#N)N=Cc1ccccc1OC. The lowest BCUT2D eigenvalue weighted by molar-refractivity contribution is -0.134. The van der Waals surface area contributed by atoms with Gasteiger partial charge in [0.05, 0.1) is 14.2 Å². The largest absolute Gasteiger partial charge is 0.496 e. The number of hydrogen-bond acceptors (Lipinski definition) is 6. The van der Waals surface area contributed by atoms with Crippen molar-refractivity contribution in [2.75, 3.05) is 14.2 Å². The first-order chi connectivity index (χ1) is 10.1. The maximum Gasteiger partial charge on any atom is 0.330 e. The average molecular weight is 283 g/mol. The average Bonchev–Trinajstić information content (AvgIpc) is 2.55. The van der Waals surface area contributed by atoms with Crippen molar-refractivity contribution < 1.29 is 14.3 Å². The Morgan fingerprint density at radius 2 is 1.95 bits per heavy atom. The summed E-state index contributed by atoms with van der Waals surface area (Å²) in [5.74, 6) is -0.111. The van der Waals surface area contributed by atoms with E-state index < -0.39 is 11.5 Å². The van der Waals surface area contributed by atoms with Crippen LogP contribution in [0.15, 0.2) is 41.4 Å². The third-order valence-corrected chi connectivity index (χ3v) is 2.55.